The Morgan fingerprint density at radius 3 is 2.80 bits per heavy atom. The Bertz CT molecular complexity index is 827. The number of imidazole rings is 1. The summed E-state index contributed by atoms with van der Waals surface area (Å²) >= 11 is 6.02. The van der Waals surface area contributed by atoms with Gasteiger partial charge < -0.3 is 0 Å². The molecule has 0 aliphatic rings. The lowest BCUT2D eigenvalue weighted by Crippen LogP contribution is -1.99. The van der Waals surface area contributed by atoms with Crippen LogP contribution in [0.25, 0.3) is 16.7 Å². The summed E-state index contributed by atoms with van der Waals surface area (Å²) in [5.74, 6) is 1.10. The van der Waals surface area contributed by atoms with Crippen molar-refractivity contribution in [3.05, 3.63) is 59.4 Å². The Morgan fingerprint density at radius 1 is 1.25 bits per heavy atom. The molecule has 0 saturated heterocycles. The molecule has 4 heteroatoms. The van der Waals surface area contributed by atoms with Crippen LogP contribution < -0.4 is 0 Å². The lowest BCUT2D eigenvalue weighted by molar-refractivity contribution is 0.980. The van der Waals surface area contributed by atoms with Gasteiger partial charge in [0.25, 0.3) is 0 Å². The Balaban J connectivity index is 2.35. The van der Waals surface area contributed by atoms with Gasteiger partial charge in [0.15, 0.2) is 0 Å². The third-order valence-corrected chi connectivity index (χ3v) is 3.47. The summed E-state index contributed by atoms with van der Waals surface area (Å²) in [6, 6.07) is 15.8. The van der Waals surface area contributed by atoms with E-state index < -0.39 is 0 Å². The first-order valence-corrected chi connectivity index (χ1v) is 6.81. The maximum Gasteiger partial charge on any atom is 0.129 e. The molecule has 0 N–H and O–H groups in total. The van der Waals surface area contributed by atoms with E-state index in [2.05, 4.69) is 17.1 Å². The van der Waals surface area contributed by atoms with Gasteiger partial charge in [0, 0.05) is 5.69 Å². The molecule has 0 aliphatic carbocycles. The summed E-state index contributed by atoms with van der Waals surface area (Å²) in [5.41, 5.74) is 4.55. The van der Waals surface area contributed by atoms with Crippen molar-refractivity contribution in [2.24, 2.45) is 0 Å². The van der Waals surface area contributed by atoms with Gasteiger partial charge in [-0.3, -0.25) is 4.57 Å². The van der Waals surface area contributed by atoms with Gasteiger partial charge in [-0.05, 0) is 42.8 Å². The number of rotatable bonds is 2. The molecule has 3 rings (SSSR count). The van der Waals surface area contributed by atoms with Crippen molar-refractivity contribution in [1.82, 2.24) is 9.55 Å². The van der Waals surface area contributed by atoms with Crippen molar-refractivity contribution in [2.75, 3.05) is 0 Å². The molecule has 3 nitrogen and oxygen atoms in total. The van der Waals surface area contributed by atoms with Crippen LogP contribution in [0.4, 0.5) is 0 Å². The zero-order valence-corrected chi connectivity index (χ0v) is 11.7. The van der Waals surface area contributed by atoms with Gasteiger partial charge in [0.2, 0.25) is 0 Å². The minimum absolute atomic E-state index is 0.324. The van der Waals surface area contributed by atoms with E-state index in [9.17, 15) is 0 Å². The Morgan fingerprint density at radius 2 is 2.10 bits per heavy atom. The normalized spacial score (nSPS) is 10.7. The summed E-state index contributed by atoms with van der Waals surface area (Å²) in [6.07, 6.45) is 0. The first kappa shape index (κ1) is 12.7. The van der Waals surface area contributed by atoms with Crippen LogP contribution in [0.2, 0.25) is 0 Å². The third kappa shape index (κ3) is 2.04. The van der Waals surface area contributed by atoms with E-state index in [0.29, 0.717) is 11.4 Å². The lowest BCUT2D eigenvalue weighted by Gasteiger charge is -2.08. The number of nitriles is 1. The van der Waals surface area contributed by atoms with E-state index >= 15 is 0 Å². The van der Waals surface area contributed by atoms with E-state index in [1.165, 1.54) is 5.56 Å². The van der Waals surface area contributed by atoms with Gasteiger partial charge in [0.1, 0.15) is 5.82 Å². The highest BCUT2D eigenvalue weighted by atomic mass is 35.5. The van der Waals surface area contributed by atoms with E-state index in [1.54, 1.807) is 6.07 Å². The SMILES string of the molecule is Cc1cccc(-n2c(CCl)nc3ccc(C#N)cc32)c1. The van der Waals surface area contributed by atoms with Gasteiger partial charge in [-0.15, -0.1) is 11.6 Å². The average Bonchev–Trinajstić information content (AvgIpc) is 2.84. The number of alkyl halides is 1. The molecule has 0 spiro atoms. The van der Waals surface area contributed by atoms with E-state index in [0.717, 1.165) is 22.5 Å². The minimum atomic E-state index is 0.324. The largest absolute Gasteiger partial charge is 0.295 e. The molecule has 0 saturated carbocycles. The van der Waals surface area contributed by atoms with Crippen LogP contribution in [0.1, 0.15) is 17.0 Å². The van der Waals surface area contributed by atoms with E-state index in [-0.39, 0.29) is 0 Å². The van der Waals surface area contributed by atoms with Crippen molar-refractivity contribution >= 4 is 22.6 Å². The lowest BCUT2D eigenvalue weighted by atomic mass is 10.2. The molecule has 0 fully saturated rings. The van der Waals surface area contributed by atoms with Crippen LogP contribution in [-0.4, -0.2) is 9.55 Å². The molecule has 0 bridgehead atoms. The van der Waals surface area contributed by atoms with Crippen LogP contribution >= 0.6 is 11.6 Å². The van der Waals surface area contributed by atoms with Gasteiger partial charge >= 0.3 is 0 Å². The molecule has 0 unspecified atom stereocenters. The number of benzene rings is 2. The number of fused-ring (bicyclic) bond motifs is 1. The van der Waals surface area contributed by atoms with Crippen molar-refractivity contribution in [3.8, 4) is 11.8 Å². The molecular formula is C16H12ClN3. The average molecular weight is 282 g/mol. The van der Waals surface area contributed by atoms with Gasteiger partial charge in [-0.25, -0.2) is 4.98 Å². The van der Waals surface area contributed by atoms with Gasteiger partial charge in [-0.1, -0.05) is 12.1 Å². The maximum absolute atomic E-state index is 9.06. The molecule has 3 aromatic rings. The number of halogens is 1. The first-order valence-electron chi connectivity index (χ1n) is 6.27. The van der Waals surface area contributed by atoms with Gasteiger partial charge in [0.05, 0.1) is 28.5 Å². The summed E-state index contributed by atoms with van der Waals surface area (Å²) in [7, 11) is 0. The third-order valence-electron chi connectivity index (χ3n) is 3.23. The van der Waals surface area contributed by atoms with E-state index in [1.807, 2.05) is 41.8 Å². The fraction of sp³-hybridized carbons (Fsp3) is 0.125. The number of aromatic nitrogens is 2. The molecule has 98 valence electrons. The van der Waals surface area contributed by atoms with Gasteiger partial charge in [-0.2, -0.15) is 5.26 Å². The zero-order valence-electron chi connectivity index (χ0n) is 11.0. The minimum Gasteiger partial charge on any atom is -0.295 e. The second-order valence-electron chi connectivity index (χ2n) is 4.65. The number of nitrogens with zero attached hydrogens (tertiary/aromatic N) is 3. The Hall–Kier alpha value is -2.31. The van der Waals surface area contributed by atoms with Crippen LogP contribution in [0, 0.1) is 18.3 Å². The fourth-order valence-electron chi connectivity index (χ4n) is 2.34. The smallest absolute Gasteiger partial charge is 0.129 e. The van der Waals surface area contributed by atoms with Crippen molar-refractivity contribution in [2.45, 2.75) is 12.8 Å². The molecule has 0 aliphatic heterocycles. The standard InChI is InChI=1S/C16H12ClN3/c1-11-3-2-4-13(7-11)20-15-8-12(10-18)5-6-14(15)19-16(20)9-17/h2-8H,9H2,1H3. The molecule has 20 heavy (non-hydrogen) atoms. The summed E-state index contributed by atoms with van der Waals surface area (Å²) < 4.78 is 2.01. The van der Waals surface area contributed by atoms with E-state index in [4.69, 9.17) is 16.9 Å². The highest BCUT2D eigenvalue weighted by Crippen LogP contribution is 2.24. The number of hydrogen-bond acceptors (Lipinski definition) is 2. The second kappa shape index (κ2) is 4.99. The summed E-state index contributed by atoms with van der Waals surface area (Å²) in [4.78, 5) is 4.53. The monoisotopic (exact) mass is 281 g/mol. The van der Waals surface area contributed by atoms with Crippen molar-refractivity contribution in [1.29, 1.82) is 5.26 Å². The van der Waals surface area contributed by atoms with Crippen LogP contribution in [0.15, 0.2) is 42.5 Å². The predicted molar refractivity (Wildman–Crippen MR) is 80.1 cm³/mol. The van der Waals surface area contributed by atoms with Crippen LogP contribution in [-0.2, 0) is 5.88 Å². The van der Waals surface area contributed by atoms with Crippen molar-refractivity contribution in [3.63, 3.8) is 0 Å². The summed E-state index contributed by atoms with van der Waals surface area (Å²) in [5, 5.41) is 9.06. The molecule has 0 atom stereocenters. The summed E-state index contributed by atoms with van der Waals surface area (Å²) in [6.45, 7) is 2.05. The molecule has 1 heterocycles. The number of hydrogen-bond donors (Lipinski definition) is 0. The molecule has 0 amide bonds. The van der Waals surface area contributed by atoms with Crippen LogP contribution in [0.5, 0.6) is 0 Å². The molecule has 1 aromatic heterocycles. The fourth-order valence-corrected chi connectivity index (χ4v) is 2.52. The molecule has 2 aromatic carbocycles. The maximum atomic E-state index is 9.06. The molecular weight excluding hydrogens is 270 g/mol. The molecule has 0 radical (unpaired) electrons. The number of aryl methyl sites for hydroxylation is 1. The topological polar surface area (TPSA) is 41.6 Å². The second-order valence-corrected chi connectivity index (χ2v) is 4.92. The highest BCUT2D eigenvalue weighted by Gasteiger charge is 2.12. The quantitative estimate of drug-likeness (QED) is 0.668. The predicted octanol–water partition coefficient (Wildman–Crippen LogP) is 3.94. The Kier molecular flexibility index (Phi) is 3.17. The zero-order chi connectivity index (χ0) is 14.1. The highest BCUT2D eigenvalue weighted by molar-refractivity contribution is 6.17. The van der Waals surface area contributed by atoms with Crippen molar-refractivity contribution < 1.29 is 0 Å². The Labute approximate surface area is 122 Å². The van der Waals surface area contributed by atoms with Crippen LogP contribution in [0.3, 0.4) is 0 Å². The first-order chi connectivity index (χ1) is 9.72.